The first-order chi connectivity index (χ1) is 16.6. The number of nitriles is 2. The van der Waals surface area contributed by atoms with Gasteiger partial charge in [-0.2, -0.15) is 10.5 Å². The second-order valence-corrected chi connectivity index (χ2v) is 8.83. The molecule has 3 aromatic carbocycles. The zero-order chi connectivity index (χ0) is 23.9. The zero-order valence-electron chi connectivity index (χ0n) is 18.4. The van der Waals surface area contributed by atoms with Crippen molar-refractivity contribution < 1.29 is 9.53 Å². The highest BCUT2D eigenvalue weighted by atomic mass is 35.5. The van der Waals surface area contributed by atoms with E-state index in [4.69, 9.17) is 16.3 Å². The molecule has 3 aromatic rings. The van der Waals surface area contributed by atoms with Crippen LogP contribution in [0, 0.1) is 28.1 Å². The number of fused-ring (bicyclic) bond motifs is 3. The number of nitrogens with zero attached hydrogens (tertiary/aromatic N) is 3. The minimum Gasteiger partial charge on any atom is -0.496 e. The van der Waals surface area contributed by atoms with Crippen LogP contribution in [0.15, 0.2) is 78.9 Å². The number of hydrogen-bond acceptors (Lipinski definition) is 5. The van der Waals surface area contributed by atoms with Gasteiger partial charge in [0.05, 0.1) is 25.3 Å². The number of ether oxygens (including phenoxy) is 1. The first-order valence-electron chi connectivity index (χ1n) is 10.9. The summed E-state index contributed by atoms with van der Waals surface area (Å²) in [6.07, 6.45) is 3.79. The third-order valence-electron chi connectivity index (χ3n) is 6.79. The third-order valence-corrected chi connectivity index (χ3v) is 7.04. The second kappa shape index (κ2) is 8.37. The molecule has 0 unspecified atom stereocenters. The van der Waals surface area contributed by atoms with E-state index in [-0.39, 0.29) is 5.78 Å². The molecule has 166 valence electrons. The second-order valence-electron chi connectivity index (χ2n) is 8.40. The minimum atomic E-state index is -1.52. The Kier molecular flexibility index (Phi) is 5.36. The van der Waals surface area contributed by atoms with Crippen molar-refractivity contribution in [2.45, 2.75) is 18.0 Å². The molecular weight excluding hydrogens is 446 g/mol. The number of benzene rings is 3. The summed E-state index contributed by atoms with van der Waals surface area (Å²) in [4.78, 5) is 16.1. The van der Waals surface area contributed by atoms with Gasteiger partial charge in [0.15, 0.2) is 11.2 Å². The number of rotatable bonds is 4. The van der Waals surface area contributed by atoms with Crippen molar-refractivity contribution >= 4 is 29.1 Å². The van der Waals surface area contributed by atoms with Crippen LogP contribution in [0.4, 0.5) is 5.69 Å². The lowest BCUT2D eigenvalue weighted by atomic mass is 9.69. The van der Waals surface area contributed by atoms with Crippen molar-refractivity contribution in [2.24, 2.45) is 5.41 Å². The van der Waals surface area contributed by atoms with Crippen molar-refractivity contribution in [3.63, 3.8) is 0 Å². The Bertz CT molecular complexity index is 1370. The number of anilines is 1. The molecule has 5 rings (SSSR count). The van der Waals surface area contributed by atoms with Gasteiger partial charge in [0.2, 0.25) is 0 Å². The summed E-state index contributed by atoms with van der Waals surface area (Å²) in [5.74, 6) is -0.411. The van der Waals surface area contributed by atoms with Gasteiger partial charge in [-0.15, -0.1) is 0 Å². The summed E-state index contributed by atoms with van der Waals surface area (Å²) in [5, 5.41) is 21.5. The molecule has 0 amide bonds. The molecule has 6 heteroatoms. The summed E-state index contributed by atoms with van der Waals surface area (Å²) in [6.45, 7) is 0. The van der Waals surface area contributed by atoms with E-state index in [0.717, 1.165) is 11.3 Å². The van der Waals surface area contributed by atoms with Crippen molar-refractivity contribution in [2.75, 3.05) is 12.0 Å². The largest absolute Gasteiger partial charge is 0.496 e. The van der Waals surface area contributed by atoms with E-state index in [0.29, 0.717) is 21.9 Å². The van der Waals surface area contributed by atoms with Crippen LogP contribution in [0.5, 0.6) is 5.75 Å². The number of ketones is 1. The molecule has 2 aliphatic rings. The molecule has 2 heterocycles. The smallest absolute Gasteiger partial charge is 0.185 e. The van der Waals surface area contributed by atoms with Crippen molar-refractivity contribution in [1.82, 2.24) is 0 Å². The first-order valence-corrected chi connectivity index (χ1v) is 11.2. The van der Waals surface area contributed by atoms with Gasteiger partial charge in [-0.1, -0.05) is 60.2 Å². The quantitative estimate of drug-likeness (QED) is 0.466. The average molecular weight is 466 g/mol. The molecule has 0 N–H and O–H groups in total. The molecule has 1 saturated heterocycles. The highest BCUT2D eigenvalue weighted by Gasteiger charge is 2.63. The Morgan fingerprint density at radius 3 is 2.38 bits per heavy atom. The van der Waals surface area contributed by atoms with E-state index < -0.39 is 23.4 Å². The van der Waals surface area contributed by atoms with Gasteiger partial charge in [-0.25, -0.2) is 0 Å². The van der Waals surface area contributed by atoms with E-state index in [1.165, 1.54) is 0 Å². The minimum absolute atomic E-state index is 0.185. The van der Waals surface area contributed by atoms with E-state index in [9.17, 15) is 15.3 Å². The first kappa shape index (κ1) is 21.8. The molecule has 0 aromatic heterocycles. The van der Waals surface area contributed by atoms with Gasteiger partial charge in [0.25, 0.3) is 0 Å². The number of para-hydroxylation sites is 2. The molecule has 0 radical (unpaired) electrons. The summed E-state index contributed by atoms with van der Waals surface area (Å²) >= 11 is 6.07. The Labute approximate surface area is 203 Å². The van der Waals surface area contributed by atoms with Gasteiger partial charge in [-0.05, 0) is 42.0 Å². The SMILES string of the molecule is COc1ccccc1[C@@H]1[C@H](C(=O)c2ccc(Cl)cc2)N2c3ccccc3C=C[C@H]2C1(C#N)C#N. The van der Waals surface area contributed by atoms with Gasteiger partial charge in [0, 0.05) is 27.8 Å². The molecule has 5 nitrogen and oxygen atoms in total. The fourth-order valence-corrected chi connectivity index (χ4v) is 5.41. The maximum Gasteiger partial charge on any atom is 0.185 e. The number of Topliss-reactive ketones (excluding diaryl/α,β-unsaturated/α-hetero) is 1. The molecular formula is C28H20ClN3O2. The van der Waals surface area contributed by atoms with Crippen LogP contribution in [0.3, 0.4) is 0 Å². The van der Waals surface area contributed by atoms with Crippen molar-refractivity contribution in [3.8, 4) is 17.9 Å². The topological polar surface area (TPSA) is 77.1 Å². The van der Waals surface area contributed by atoms with Gasteiger partial charge in [0.1, 0.15) is 11.8 Å². The van der Waals surface area contributed by atoms with Gasteiger partial charge < -0.3 is 9.64 Å². The molecule has 34 heavy (non-hydrogen) atoms. The van der Waals surface area contributed by atoms with Crippen molar-refractivity contribution in [1.29, 1.82) is 10.5 Å². The highest BCUT2D eigenvalue weighted by Crippen LogP contribution is 2.56. The summed E-state index contributed by atoms with van der Waals surface area (Å²) < 4.78 is 5.63. The Balaban J connectivity index is 1.81. The standard InChI is InChI=1S/C28H20ClN3O2/c1-34-23-9-5-3-7-21(23)25-26(27(33)19-10-13-20(29)14-11-19)32-22-8-4-2-6-18(22)12-15-24(32)28(25,16-30)17-31/h2-15,24-26H,1H3/t24-,25+,26+/m0/s1. The maximum absolute atomic E-state index is 14.2. The summed E-state index contributed by atoms with van der Waals surface area (Å²) in [5.41, 5.74) is 1.34. The van der Waals surface area contributed by atoms with Crippen LogP contribution in [0.25, 0.3) is 6.08 Å². The zero-order valence-corrected chi connectivity index (χ0v) is 19.1. The fraction of sp³-hybridized carbons (Fsp3) is 0.179. The Morgan fingerprint density at radius 1 is 1.00 bits per heavy atom. The van der Waals surface area contributed by atoms with Crippen LogP contribution >= 0.6 is 11.6 Å². The van der Waals surface area contributed by atoms with Crippen LogP contribution < -0.4 is 9.64 Å². The van der Waals surface area contributed by atoms with Crippen LogP contribution in [-0.4, -0.2) is 25.0 Å². The molecule has 2 aliphatic heterocycles. The predicted molar refractivity (Wildman–Crippen MR) is 131 cm³/mol. The van der Waals surface area contributed by atoms with E-state index >= 15 is 0 Å². The van der Waals surface area contributed by atoms with Crippen LogP contribution in [0.2, 0.25) is 5.02 Å². The van der Waals surface area contributed by atoms with E-state index in [1.54, 1.807) is 37.4 Å². The van der Waals surface area contributed by atoms with E-state index in [2.05, 4.69) is 12.1 Å². The summed E-state index contributed by atoms with van der Waals surface area (Å²) in [7, 11) is 1.55. The highest BCUT2D eigenvalue weighted by molar-refractivity contribution is 6.30. The van der Waals surface area contributed by atoms with Crippen LogP contribution in [-0.2, 0) is 0 Å². The lowest BCUT2D eigenvalue weighted by Gasteiger charge is -2.35. The van der Waals surface area contributed by atoms with Gasteiger partial charge >= 0.3 is 0 Å². The summed E-state index contributed by atoms with van der Waals surface area (Å²) in [6, 6.07) is 24.9. The third kappa shape index (κ3) is 3.10. The fourth-order valence-electron chi connectivity index (χ4n) is 5.29. The van der Waals surface area contributed by atoms with Crippen molar-refractivity contribution in [3.05, 3.63) is 101 Å². The maximum atomic E-state index is 14.2. The molecule has 0 spiro atoms. The monoisotopic (exact) mass is 465 g/mol. The molecule has 0 saturated carbocycles. The Morgan fingerprint density at radius 2 is 1.68 bits per heavy atom. The number of halogens is 1. The number of methoxy groups -OCH3 is 1. The lowest BCUT2D eigenvalue weighted by Crippen LogP contribution is -2.44. The lowest BCUT2D eigenvalue weighted by molar-refractivity contribution is 0.0950. The van der Waals surface area contributed by atoms with Crippen LogP contribution in [0.1, 0.15) is 27.4 Å². The number of hydrogen-bond donors (Lipinski definition) is 0. The van der Waals surface area contributed by atoms with Gasteiger partial charge in [-0.3, -0.25) is 4.79 Å². The molecule has 0 aliphatic carbocycles. The predicted octanol–water partition coefficient (Wildman–Crippen LogP) is 5.63. The normalized spacial score (nSPS) is 21.6. The molecule has 0 bridgehead atoms. The van der Waals surface area contributed by atoms with E-state index in [1.807, 2.05) is 59.5 Å². The number of carbonyl (C=O) groups is 1. The number of carbonyl (C=O) groups excluding carboxylic acids is 1. The molecule has 1 fully saturated rings. The Hall–Kier alpha value is -4.06. The molecule has 3 atom stereocenters. The average Bonchev–Trinajstić information content (AvgIpc) is 3.19.